The summed E-state index contributed by atoms with van der Waals surface area (Å²) in [6.45, 7) is -0.0493. The highest BCUT2D eigenvalue weighted by Crippen LogP contribution is 2.20. The van der Waals surface area contributed by atoms with E-state index < -0.39 is 17.8 Å². The smallest absolute Gasteiger partial charge is 0.270 e. The van der Waals surface area contributed by atoms with Crippen molar-refractivity contribution >= 4 is 34.0 Å². The van der Waals surface area contributed by atoms with Crippen molar-refractivity contribution in [2.24, 2.45) is 0 Å². The number of thiazole rings is 1. The largest absolute Gasteiger partial charge is 0.387 e. The SMILES string of the molecule is CNc1nc(C(=O)NCC(O)c2ccc(Cl)c(F)c2)cs1. The number of carbonyl (C=O) groups excluding carboxylic acids is 1. The molecule has 0 aliphatic carbocycles. The molecule has 21 heavy (non-hydrogen) atoms. The van der Waals surface area contributed by atoms with E-state index in [0.29, 0.717) is 10.7 Å². The Morgan fingerprint density at radius 1 is 1.57 bits per heavy atom. The molecule has 2 aromatic rings. The third-order valence-corrected chi connectivity index (χ3v) is 3.90. The lowest BCUT2D eigenvalue weighted by molar-refractivity contribution is 0.0912. The Morgan fingerprint density at radius 2 is 2.33 bits per heavy atom. The molecule has 0 saturated carbocycles. The molecule has 1 unspecified atom stereocenters. The van der Waals surface area contributed by atoms with Crippen molar-refractivity contribution in [3.8, 4) is 0 Å². The molecule has 2 rings (SSSR count). The molecule has 1 aromatic carbocycles. The fourth-order valence-corrected chi connectivity index (χ4v) is 2.38. The minimum Gasteiger partial charge on any atom is -0.387 e. The van der Waals surface area contributed by atoms with Gasteiger partial charge in [-0.25, -0.2) is 9.37 Å². The third-order valence-electron chi connectivity index (χ3n) is 2.74. The molecule has 1 atom stereocenters. The van der Waals surface area contributed by atoms with Gasteiger partial charge in [0, 0.05) is 19.0 Å². The predicted octanol–water partition coefficient (Wildman–Crippen LogP) is 2.44. The van der Waals surface area contributed by atoms with Crippen LogP contribution in [0.5, 0.6) is 0 Å². The number of amides is 1. The highest BCUT2D eigenvalue weighted by Gasteiger charge is 2.14. The number of aliphatic hydroxyl groups excluding tert-OH is 1. The summed E-state index contributed by atoms with van der Waals surface area (Å²) in [6.07, 6.45) is -1.02. The van der Waals surface area contributed by atoms with Crippen LogP contribution in [-0.4, -0.2) is 29.6 Å². The summed E-state index contributed by atoms with van der Waals surface area (Å²) < 4.78 is 13.3. The zero-order valence-corrected chi connectivity index (χ0v) is 12.6. The van der Waals surface area contributed by atoms with Crippen LogP contribution in [0, 0.1) is 5.82 Å². The van der Waals surface area contributed by atoms with Gasteiger partial charge in [-0.2, -0.15) is 0 Å². The van der Waals surface area contributed by atoms with Crippen LogP contribution in [0.1, 0.15) is 22.2 Å². The summed E-state index contributed by atoms with van der Waals surface area (Å²) in [5.41, 5.74) is 0.602. The lowest BCUT2D eigenvalue weighted by atomic mass is 10.1. The molecule has 0 aliphatic rings. The van der Waals surface area contributed by atoms with E-state index >= 15 is 0 Å². The Morgan fingerprint density at radius 3 is 2.95 bits per heavy atom. The van der Waals surface area contributed by atoms with E-state index in [4.69, 9.17) is 11.6 Å². The molecule has 0 saturated heterocycles. The van der Waals surface area contributed by atoms with E-state index in [2.05, 4.69) is 15.6 Å². The maximum Gasteiger partial charge on any atom is 0.270 e. The number of halogens is 2. The molecule has 0 aliphatic heterocycles. The van der Waals surface area contributed by atoms with Crippen LogP contribution in [0.3, 0.4) is 0 Å². The second-order valence-corrected chi connectivity index (χ2v) is 5.45. The van der Waals surface area contributed by atoms with Crippen LogP contribution >= 0.6 is 22.9 Å². The summed E-state index contributed by atoms with van der Waals surface area (Å²) >= 11 is 6.87. The Hall–Kier alpha value is -1.70. The molecule has 5 nitrogen and oxygen atoms in total. The highest BCUT2D eigenvalue weighted by atomic mass is 35.5. The first kappa shape index (κ1) is 15.7. The van der Waals surface area contributed by atoms with E-state index in [-0.39, 0.29) is 17.3 Å². The lowest BCUT2D eigenvalue weighted by Gasteiger charge is -2.12. The first-order valence-electron chi connectivity index (χ1n) is 6.05. The van der Waals surface area contributed by atoms with Crippen molar-refractivity contribution in [2.75, 3.05) is 18.9 Å². The quantitative estimate of drug-likeness (QED) is 0.787. The fraction of sp³-hybridized carbons (Fsp3) is 0.231. The summed E-state index contributed by atoms with van der Waals surface area (Å²) in [5.74, 6) is -1.01. The topological polar surface area (TPSA) is 74.2 Å². The van der Waals surface area contributed by atoms with Crippen LogP contribution < -0.4 is 10.6 Å². The molecule has 0 bridgehead atoms. The van der Waals surface area contributed by atoms with Crippen LogP contribution in [0.15, 0.2) is 23.6 Å². The molecule has 1 aromatic heterocycles. The van der Waals surface area contributed by atoms with Crippen molar-refractivity contribution in [1.82, 2.24) is 10.3 Å². The van der Waals surface area contributed by atoms with E-state index in [1.807, 2.05) is 0 Å². The predicted molar refractivity (Wildman–Crippen MR) is 80.4 cm³/mol. The molecule has 3 N–H and O–H groups in total. The van der Waals surface area contributed by atoms with E-state index in [9.17, 15) is 14.3 Å². The second-order valence-electron chi connectivity index (χ2n) is 4.19. The number of anilines is 1. The van der Waals surface area contributed by atoms with Gasteiger partial charge < -0.3 is 15.7 Å². The van der Waals surface area contributed by atoms with E-state index in [0.717, 1.165) is 6.07 Å². The summed E-state index contributed by atoms with van der Waals surface area (Å²) in [6, 6.07) is 4.00. The van der Waals surface area contributed by atoms with Gasteiger partial charge in [-0.15, -0.1) is 11.3 Å². The number of aliphatic hydroxyl groups is 1. The zero-order chi connectivity index (χ0) is 15.4. The molecule has 0 spiro atoms. The Kier molecular flexibility index (Phi) is 5.11. The van der Waals surface area contributed by atoms with Crippen LogP contribution in [0.25, 0.3) is 0 Å². The third kappa shape index (κ3) is 3.90. The standard InChI is InChI=1S/C13H13ClFN3O2S/c1-16-13-18-10(6-21-13)12(20)17-5-11(19)7-2-3-8(14)9(15)4-7/h2-4,6,11,19H,5H2,1H3,(H,16,18)(H,17,20). The average Bonchev–Trinajstić information content (AvgIpc) is 2.96. The Bertz CT molecular complexity index is 650. The van der Waals surface area contributed by atoms with Crippen molar-refractivity contribution in [1.29, 1.82) is 0 Å². The van der Waals surface area contributed by atoms with Gasteiger partial charge in [0.1, 0.15) is 11.5 Å². The van der Waals surface area contributed by atoms with Crippen molar-refractivity contribution in [2.45, 2.75) is 6.10 Å². The van der Waals surface area contributed by atoms with Crippen molar-refractivity contribution in [3.63, 3.8) is 0 Å². The van der Waals surface area contributed by atoms with Gasteiger partial charge in [0.05, 0.1) is 11.1 Å². The van der Waals surface area contributed by atoms with Gasteiger partial charge in [-0.05, 0) is 17.7 Å². The summed E-state index contributed by atoms with van der Waals surface area (Å²) in [7, 11) is 1.71. The molecule has 1 amide bonds. The van der Waals surface area contributed by atoms with Gasteiger partial charge in [-0.3, -0.25) is 4.79 Å². The Labute approximate surface area is 129 Å². The molecule has 0 fully saturated rings. The molecule has 112 valence electrons. The second kappa shape index (κ2) is 6.84. The average molecular weight is 330 g/mol. The van der Waals surface area contributed by atoms with Crippen molar-refractivity contribution in [3.05, 3.63) is 45.7 Å². The first-order valence-corrected chi connectivity index (χ1v) is 7.31. The molecular weight excluding hydrogens is 317 g/mol. The maximum absolute atomic E-state index is 13.3. The molecule has 0 radical (unpaired) electrons. The van der Waals surface area contributed by atoms with Gasteiger partial charge in [0.2, 0.25) is 0 Å². The number of nitrogens with zero attached hydrogens (tertiary/aromatic N) is 1. The highest BCUT2D eigenvalue weighted by molar-refractivity contribution is 7.13. The minimum atomic E-state index is -1.02. The zero-order valence-electron chi connectivity index (χ0n) is 11.1. The van der Waals surface area contributed by atoms with Gasteiger partial charge in [-0.1, -0.05) is 17.7 Å². The fourth-order valence-electron chi connectivity index (χ4n) is 1.61. The number of rotatable bonds is 5. The maximum atomic E-state index is 13.3. The van der Waals surface area contributed by atoms with E-state index in [1.54, 1.807) is 12.4 Å². The van der Waals surface area contributed by atoms with E-state index in [1.165, 1.54) is 23.5 Å². The number of hydrogen-bond acceptors (Lipinski definition) is 5. The number of hydrogen-bond donors (Lipinski definition) is 3. The van der Waals surface area contributed by atoms with Gasteiger partial charge in [0.25, 0.3) is 5.91 Å². The number of nitrogens with one attached hydrogen (secondary N) is 2. The number of aromatic nitrogens is 1. The minimum absolute atomic E-state index is 0.0166. The monoisotopic (exact) mass is 329 g/mol. The van der Waals surface area contributed by atoms with Crippen LogP contribution in [-0.2, 0) is 0 Å². The number of benzene rings is 1. The van der Waals surface area contributed by atoms with Crippen LogP contribution in [0.2, 0.25) is 5.02 Å². The lowest BCUT2D eigenvalue weighted by Crippen LogP contribution is -2.28. The van der Waals surface area contributed by atoms with Crippen molar-refractivity contribution < 1.29 is 14.3 Å². The summed E-state index contributed by atoms with van der Waals surface area (Å²) in [5, 5.41) is 17.5. The number of carbonyl (C=O) groups is 1. The summed E-state index contributed by atoms with van der Waals surface area (Å²) in [4.78, 5) is 15.9. The van der Waals surface area contributed by atoms with Crippen LogP contribution in [0.4, 0.5) is 9.52 Å². The normalized spacial score (nSPS) is 12.0. The first-order chi connectivity index (χ1) is 10.0. The Balaban J connectivity index is 1.95. The van der Waals surface area contributed by atoms with Gasteiger partial charge >= 0.3 is 0 Å². The molecule has 1 heterocycles. The molecular formula is C13H13ClFN3O2S. The molecule has 8 heteroatoms. The van der Waals surface area contributed by atoms with Gasteiger partial charge in [0.15, 0.2) is 5.13 Å².